The lowest BCUT2D eigenvalue weighted by atomic mass is 9.84. The fraction of sp³-hybridized carbons (Fsp3) is 0.529. The molecule has 3 aromatic carbocycles. The molecule has 0 aromatic heterocycles. The van der Waals surface area contributed by atoms with E-state index in [0.29, 0.717) is 75.2 Å². The Morgan fingerprint density at radius 3 is 2.37 bits per heavy atom. The summed E-state index contributed by atoms with van der Waals surface area (Å²) in [7, 11) is 0. The number of nitrogens with zero attached hydrogens (tertiary/aromatic N) is 2. The summed E-state index contributed by atoms with van der Waals surface area (Å²) >= 11 is 0. The van der Waals surface area contributed by atoms with Crippen molar-refractivity contribution >= 4 is 46.8 Å². The van der Waals surface area contributed by atoms with Crippen LogP contribution in [0.25, 0.3) is 0 Å². The van der Waals surface area contributed by atoms with Gasteiger partial charge in [0, 0.05) is 42.8 Å². The van der Waals surface area contributed by atoms with Crippen LogP contribution in [0, 0.1) is 19.3 Å². The maximum absolute atomic E-state index is 14.0. The Labute approximate surface area is 384 Å². The fourth-order valence-corrected chi connectivity index (χ4v) is 7.87. The Bertz CT molecular complexity index is 2140. The number of hydrogen-bond acceptors (Lipinski definition) is 10. The topological polar surface area (TPSA) is 170 Å². The van der Waals surface area contributed by atoms with E-state index in [1.165, 1.54) is 16.0 Å². The van der Waals surface area contributed by atoms with Gasteiger partial charge in [0.05, 0.1) is 32.8 Å². The van der Waals surface area contributed by atoms with Gasteiger partial charge in [-0.3, -0.25) is 24.0 Å². The number of Topliss-reactive ketones (excluding diaryl/α,β-unsaturated/α-hetero) is 1. The monoisotopic (exact) mass is 896 g/mol. The molecule has 352 valence electrons. The summed E-state index contributed by atoms with van der Waals surface area (Å²) in [5, 5.41) is 5.69. The van der Waals surface area contributed by atoms with E-state index in [2.05, 4.69) is 42.7 Å². The molecule has 2 heterocycles. The number of amides is 4. The third kappa shape index (κ3) is 14.7. The second-order valence-corrected chi connectivity index (χ2v) is 17.5. The maximum atomic E-state index is 14.0. The molecular weight excluding hydrogens is 829 g/mol. The zero-order valence-corrected chi connectivity index (χ0v) is 39.1. The van der Waals surface area contributed by atoms with Crippen LogP contribution in [0.4, 0.5) is 11.4 Å². The van der Waals surface area contributed by atoms with E-state index >= 15 is 0 Å². The molecule has 1 saturated heterocycles. The fourth-order valence-electron chi connectivity index (χ4n) is 7.87. The maximum Gasteiger partial charge on any atom is 0.329 e. The van der Waals surface area contributed by atoms with Crippen LogP contribution in [0.2, 0.25) is 0 Å². The summed E-state index contributed by atoms with van der Waals surface area (Å²) in [5.74, 6) is -1.54. The van der Waals surface area contributed by atoms with Crippen molar-refractivity contribution in [3.05, 3.63) is 88.5 Å². The van der Waals surface area contributed by atoms with Crippen LogP contribution in [-0.4, -0.2) is 99.0 Å². The minimum absolute atomic E-state index is 0.0933. The lowest BCUT2D eigenvalue weighted by Crippen LogP contribution is -2.53. The quantitative estimate of drug-likeness (QED) is 0.0566. The molecule has 2 atom stereocenters. The first-order chi connectivity index (χ1) is 31.2. The number of rotatable bonds is 23. The molecule has 2 N–H and O–H groups in total. The molecule has 0 saturated carbocycles. The van der Waals surface area contributed by atoms with Crippen molar-refractivity contribution in [1.82, 2.24) is 10.2 Å². The number of hydrogen-bond donors (Lipinski definition) is 2. The zero-order valence-electron chi connectivity index (χ0n) is 39.1. The molecule has 0 aliphatic carbocycles. The van der Waals surface area contributed by atoms with E-state index in [9.17, 15) is 28.8 Å². The first-order valence-corrected chi connectivity index (χ1v) is 23.2. The van der Waals surface area contributed by atoms with Gasteiger partial charge in [0.25, 0.3) is 11.8 Å². The molecule has 1 fully saturated rings. The first kappa shape index (κ1) is 50.4. The Balaban J connectivity index is 1.05. The number of fused-ring (bicyclic) bond motifs is 1. The van der Waals surface area contributed by atoms with Crippen LogP contribution >= 0.6 is 0 Å². The van der Waals surface area contributed by atoms with Gasteiger partial charge >= 0.3 is 5.97 Å². The van der Waals surface area contributed by atoms with Crippen molar-refractivity contribution in [3.63, 3.8) is 0 Å². The molecule has 14 nitrogen and oxygen atoms in total. The van der Waals surface area contributed by atoms with Crippen molar-refractivity contribution in [3.8, 4) is 5.75 Å². The molecule has 0 radical (unpaired) electrons. The predicted octanol–water partition coefficient (Wildman–Crippen LogP) is 7.15. The van der Waals surface area contributed by atoms with Gasteiger partial charge in [0.1, 0.15) is 17.9 Å². The number of piperidine rings is 1. The number of nitrogens with one attached hydrogen (secondary N) is 2. The van der Waals surface area contributed by atoms with Gasteiger partial charge in [0.15, 0.2) is 6.61 Å². The van der Waals surface area contributed by atoms with Crippen molar-refractivity contribution in [2.24, 2.45) is 5.41 Å². The van der Waals surface area contributed by atoms with Gasteiger partial charge in [-0.1, -0.05) is 58.0 Å². The third-order valence-electron chi connectivity index (χ3n) is 12.4. The minimum atomic E-state index is -0.864. The van der Waals surface area contributed by atoms with Crippen molar-refractivity contribution in [1.29, 1.82) is 0 Å². The summed E-state index contributed by atoms with van der Waals surface area (Å²) in [5.41, 5.74) is 5.79. The summed E-state index contributed by atoms with van der Waals surface area (Å²) in [4.78, 5) is 81.4. The van der Waals surface area contributed by atoms with Gasteiger partial charge < -0.3 is 39.4 Å². The average molecular weight is 897 g/mol. The zero-order chi connectivity index (χ0) is 46.9. The van der Waals surface area contributed by atoms with Crippen LogP contribution in [0.5, 0.6) is 5.75 Å². The molecule has 0 spiro atoms. The van der Waals surface area contributed by atoms with Crippen LogP contribution in [0.15, 0.2) is 60.7 Å². The number of anilines is 2. The number of aryl methyl sites for hydroxylation is 4. The minimum Gasteiger partial charge on any atom is -0.484 e. The Morgan fingerprint density at radius 1 is 0.831 bits per heavy atom. The lowest BCUT2D eigenvalue weighted by Gasteiger charge is -2.36. The smallest absolute Gasteiger partial charge is 0.329 e. The summed E-state index contributed by atoms with van der Waals surface area (Å²) < 4.78 is 23.1. The standard InChI is InChI=1S/C51H68N4O10/c1-7-47(58)54-26-12-14-38-33-41(20-21-42(38)54)64-34-46(57)52-24-28-63-30-29-62-27-23-45(56)53-40-15-11-13-39(32-40)44(22-19-37-18-17-35(3)36(4)31-37)65-50(61)43-16-9-10-25-55(43)49(60)48(59)51(5,6)8-2/h11,13,15,17-18,20-21,31-33,43-44H,7-10,12,14,16,19,22-30,34H2,1-6H3,(H,52,57)(H,53,56)/t43-,44+/m0/s1. The summed E-state index contributed by atoms with van der Waals surface area (Å²) in [6.45, 7) is 13.5. The molecule has 2 aliphatic heterocycles. The highest BCUT2D eigenvalue weighted by molar-refractivity contribution is 6.38. The molecular formula is C51H68N4O10. The average Bonchev–Trinajstić information content (AvgIpc) is 3.31. The van der Waals surface area contributed by atoms with Crippen molar-refractivity contribution < 1.29 is 47.7 Å². The molecule has 2 aliphatic rings. The predicted molar refractivity (Wildman–Crippen MR) is 249 cm³/mol. The van der Waals surface area contributed by atoms with Gasteiger partial charge in [-0.05, 0) is 123 Å². The number of likely N-dealkylation sites (tertiary alicyclic amines) is 1. The molecule has 0 bridgehead atoms. The van der Waals surface area contributed by atoms with Crippen LogP contribution in [-0.2, 0) is 55.8 Å². The van der Waals surface area contributed by atoms with E-state index < -0.39 is 35.2 Å². The Morgan fingerprint density at radius 2 is 1.62 bits per heavy atom. The second-order valence-electron chi connectivity index (χ2n) is 17.5. The number of benzene rings is 3. The molecule has 0 unspecified atom stereocenters. The molecule has 14 heteroatoms. The van der Waals surface area contributed by atoms with E-state index in [-0.39, 0.29) is 57.2 Å². The van der Waals surface area contributed by atoms with Gasteiger partial charge in [0.2, 0.25) is 17.6 Å². The molecule has 4 amide bonds. The van der Waals surface area contributed by atoms with E-state index in [1.54, 1.807) is 38.1 Å². The van der Waals surface area contributed by atoms with E-state index in [4.69, 9.17) is 18.9 Å². The van der Waals surface area contributed by atoms with Crippen LogP contribution < -0.4 is 20.3 Å². The van der Waals surface area contributed by atoms with Crippen molar-refractivity contribution in [2.75, 3.05) is 62.9 Å². The Kier molecular flexibility index (Phi) is 19.1. The number of esters is 1. The summed E-state index contributed by atoms with van der Waals surface area (Å²) in [6, 6.07) is 18.2. The van der Waals surface area contributed by atoms with Gasteiger partial charge in [-0.2, -0.15) is 0 Å². The molecule has 65 heavy (non-hydrogen) atoms. The number of ketones is 1. The highest BCUT2D eigenvalue weighted by atomic mass is 16.5. The number of carbonyl (C=O) groups excluding carboxylic acids is 6. The van der Waals surface area contributed by atoms with Gasteiger partial charge in [-0.15, -0.1) is 0 Å². The van der Waals surface area contributed by atoms with E-state index in [0.717, 1.165) is 36.1 Å². The summed E-state index contributed by atoms with van der Waals surface area (Å²) in [6.07, 6.45) is 5.04. The van der Waals surface area contributed by atoms with Crippen LogP contribution in [0.3, 0.4) is 0 Å². The highest BCUT2D eigenvalue weighted by Crippen LogP contribution is 2.32. The number of ether oxygens (including phenoxy) is 4. The van der Waals surface area contributed by atoms with Gasteiger partial charge in [-0.25, -0.2) is 4.79 Å². The largest absolute Gasteiger partial charge is 0.484 e. The van der Waals surface area contributed by atoms with Crippen molar-refractivity contribution in [2.45, 2.75) is 118 Å². The number of carbonyl (C=O) groups is 6. The normalized spacial score (nSPS) is 15.4. The van der Waals surface area contributed by atoms with E-state index in [1.807, 2.05) is 36.9 Å². The lowest BCUT2D eigenvalue weighted by molar-refractivity contribution is -0.164. The Hall–Kier alpha value is -5.60. The highest BCUT2D eigenvalue weighted by Gasteiger charge is 2.41. The molecule has 5 rings (SSSR count). The first-order valence-electron chi connectivity index (χ1n) is 23.2. The molecule has 3 aromatic rings. The second kappa shape index (κ2) is 24.6. The SMILES string of the molecule is CCC(=O)N1CCCc2cc(OCC(=O)NCCOCCOCCC(=O)Nc3cccc([C@@H](CCc4ccc(C)c(C)c4)OC(=O)[C@@H]4CCCCN4C(=O)C(=O)C(C)(C)CC)c3)ccc21. The van der Waals surface area contributed by atoms with Crippen LogP contribution in [0.1, 0.15) is 113 Å². The third-order valence-corrected chi connectivity index (χ3v) is 12.4.